The van der Waals surface area contributed by atoms with Crippen molar-refractivity contribution in [2.45, 2.75) is 0 Å². The summed E-state index contributed by atoms with van der Waals surface area (Å²) in [7, 11) is 0. The summed E-state index contributed by atoms with van der Waals surface area (Å²) in [5.41, 5.74) is 2.48. The third-order valence-corrected chi connectivity index (χ3v) is 4.37. The van der Waals surface area contributed by atoms with Crippen molar-refractivity contribution in [2.75, 3.05) is 5.32 Å². The van der Waals surface area contributed by atoms with Crippen molar-refractivity contribution in [1.29, 1.82) is 0 Å². The normalized spacial score (nSPS) is 11.1. The second kappa shape index (κ2) is 5.86. The third kappa shape index (κ3) is 2.62. The topological polar surface area (TPSA) is 42.2 Å². The zero-order chi connectivity index (χ0) is 16.7. The summed E-state index contributed by atoms with van der Waals surface area (Å²) in [6.07, 6.45) is 0. The van der Waals surface area contributed by atoms with Gasteiger partial charge < -0.3 is 9.73 Å². The van der Waals surface area contributed by atoms with Gasteiger partial charge in [0.25, 0.3) is 5.91 Å². The lowest BCUT2D eigenvalue weighted by Crippen LogP contribution is -2.12. The fraction of sp³-hybridized carbons (Fsp3) is 0. The quantitative estimate of drug-likeness (QED) is 0.468. The SMILES string of the molecule is O=C(Nc1ccc2c(c1)oc1ccccc12)c1cc(Cl)ccc1Cl. The van der Waals surface area contributed by atoms with Crippen molar-refractivity contribution < 1.29 is 9.21 Å². The van der Waals surface area contributed by atoms with E-state index in [0.29, 0.717) is 26.9 Å². The number of furan rings is 1. The van der Waals surface area contributed by atoms with Crippen molar-refractivity contribution in [1.82, 2.24) is 0 Å². The molecule has 0 aliphatic heterocycles. The monoisotopic (exact) mass is 355 g/mol. The molecular weight excluding hydrogens is 345 g/mol. The molecule has 0 atom stereocenters. The van der Waals surface area contributed by atoms with E-state index in [2.05, 4.69) is 5.32 Å². The molecule has 0 fully saturated rings. The summed E-state index contributed by atoms with van der Waals surface area (Å²) < 4.78 is 5.82. The van der Waals surface area contributed by atoms with E-state index in [1.807, 2.05) is 36.4 Å². The highest BCUT2D eigenvalue weighted by molar-refractivity contribution is 6.36. The van der Waals surface area contributed by atoms with Crippen LogP contribution in [0.2, 0.25) is 10.0 Å². The molecule has 0 aliphatic carbocycles. The zero-order valence-corrected chi connectivity index (χ0v) is 13.9. The second-order valence-corrected chi connectivity index (χ2v) is 6.23. The Hall–Kier alpha value is -2.49. The van der Waals surface area contributed by atoms with Gasteiger partial charge in [-0.1, -0.05) is 41.4 Å². The number of halogens is 2. The summed E-state index contributed by atoms with van der Waals surface area (Å²) in [5, 5.41) is 5.67. The smallest absolute Gasteiger partial charge is 0.257 e. The number of amides is 1. The highest BCUT2D eigenvalue weighted by atomic mass is 35.5. The molecule has 0 radical (unpaired) electrons. The largest absolute Gasteiger partial charge is 0.456 e. The maximum Gasteiger partial charge on any atom is 0.257 e. The third-order valence-electron chi connectivity index (χ3n) is 3.81. The Labute approximate surface area is 147 Å². The van der Waals surface area contributed by atoms with Crippen LogP contribution in [0.4, 0.5) is 5.69 Å². The molecule has 4 aromatic rings. The van der Waals surface area contributed by atoms with Crippen LogP contribution in [0, 0.1) is 0 Å². The number of hydrogen-bond donors (Lipinski definition) is 1. The minimum absolute atomic E-state index is 0.321. The van der Waals surface area contributed by atoms with Gasteiger partial charge in [0, 0.05) is 27.5 Å². The second-order valence-electron chi connectivity index (χ2n) is 5.39. The molecule has 3 aromatic carbocycles. The standard InChI is InChI=1S/C19H11Cl2NO2/c20-11-5-8-16(21)15(9-11)19(23)22-12-6-7-14-13-3-1-2-4-17(13)24-18(14)10-12/h1-10H,(H,22,23). The Morgan fingerprint density at radius 2 is 1.67 bits per heavy atom. The average molecular weight is 356 g/mol. The summed E-state index contributed by atoms with van der Waals surface area (Å²) in [6, 6.07) is 18.1. The molecule has 24 heavy (non-hydrogen) atoms. The van der Waals surface area contributed by atoms with Crippen LogP contribution in [0.3, 0.4) is 0 Å². The van der Waals surface area contributed by atoms with E-state index in [4.69, 9.17) is 27.6 Å². The molecular formula is C19H11Cl2NO2. The van der Waals surface area contributed by atoms with Crippen molar-refractivity contribution in [3.8, 4) is 0 Å². The number of para-hydroxylation sites is 1. The molecule has 5 heteroatoms. The number of anilines is 1. The molecule has 4 rings (SSSR count). The van der Waals surface area contributed by atoms with Gasteiger partial charge in [-0.05, 0) is 36.4 Å². The Kier molecular flexibility index (Phi) is 3.68. The van der Waals surface area contributed by atoms with E-state index < -0.39 is 0 Å². The van der Waals surface area contributed by atoms with Gasteiger partial charge in [-0.2, -0.15) is 0 Å². The summed E-state index contributed by atoms with van der Waals surface area (Å²) in [4.78, 5) is 12.4. The van der Waals surface area contributed by atoms with Gasteiger partial charge >= 0.3 is 0 Å². The van der Waals surface area contributed by atoms with Gasteiger partial charge in [-0.15, -0.1) is 0 Å². The van der Waals surface area contributed by atoms with Gasteiger partial charge in [-0.3, -0.25) is 4.79 Å². The van der Waals surface area contributed by atoms with E-state index >= 15 is 0 Å². The van der Waals surface area contributed by atoms with Gasteiger partial charge in [0.05, 0.1) is 10.6 Å². The predicted molar refractivity (Wildman–Crippen MR) is 98.1 cm³/mol. The molecule has 3 nitrogen and oxygen atoms in total. The van der Waals surface area contributed by atoms with Crippen LogP contribution in [-0.4, -0.2) is 5.91 Å². The lowest BCUT2D eigenvalue weighted by Gasteiger charge is -2.07. The number of rotatable bonds is 2. The fourth-order valence-electron chi connectivity index (χ4n) is 2.67. The molecule has 118 valence electrons. The van der Waals surface area contributed by atoms with Crippen LogP contribution in [0.25, 0.3) is 21.9 Å². The number of hydrogen-bond acceptors (Lipinski definition) is 2. The van der Waals surface area contributed by atoms with E-state index in [-0.39, 0.29) is 5.91 Å². The zero-order valence-electron chi connectivity index (χ0n) is 12.3. The molecule has 0 saturated carbocycles. The van der Waals surface area contributed by atoms with Crippen LogP contribution in [0.5, 0.6) is 0 Å². The van der Waals surface area contributed by atoms with Crippen LogP contribution < -0.4 is 5.32 Å². The number of carbonyl (C=O) groups excluding carboxylic acids is 1. The molecule has 0 bridgehead atoms. The lowest BCUT2D eigenvalue weighted by molar-refractivity contribution is 0.102. The number of fused-ring (bicyclic) bond motifs is 3. The van der Waals surface area contributed by atoms with Crippen LogP contribution in [0.15, 0.2) is 65.1 Å². The molecule has 0 spiro atoms. The minimum Gasteiger partial charge on any atom is -0.456 e. The van der Waals surface area contributed by atoms with Crippen LogP contribution in [0.1, 0.15) is 10.4 Å². The summed E-state index contributed by atoms with van der Waals surface area (Å²) >= 11 is 12.0. The Morgan fingerprint density at radius 1 is 0.875 bits per heavy atom. The molecule has 0 aliphatic rings. The first kappa shape index (κ1) is 15.1. The Bertz CT molecular complexity index is 1090. The van der Waals surface area contributed by atoms with Gasteiger partial charge in [0.2, 0.25) is 0 Å². The maximum absolute atomic E-state index is 12.4. The van der Waals surface area contributed by atoms with E-state index in [1.54, 1.807) is 24.3 Å². The van der Waals surface area contributed by atoms with Crippen molar-refractivity contribution >= 4 is 56.7 Å². The number of carbonyl (C=O) groups is 1. The Balaban J connectivity index is 1.70. The molecule has 1 heterocycles. The van der Waals surface area contributed by atoms with Gasteiger partial charge in [0.1, 0.15) is 11.2 Å². The number of benzene rings is 3. The van der Waals surface area contributed by atoms with Gasteiger partial charge in [-0.25, -0.2) is 0 Å². The minimum atomic E-state index is -0.321. The first-order valence-corrected chi connectivity index (χ1v) is 8.05. The van der Waals surface area contributed by atoms with E-state index in [9.17, 15) is 4.79 Å². The van der Waals surface area contributed by atoms with Crippen LogP contribution >= 0.6 is 23.2 Å². The molecule has 0 unspecified atom stereocenters. The number of nitrogens with one attached hydrogen (secondary N) is 1. The highest BCUT2D eigenvalue weighted by Gasteiger charge is 2.13. The van der Waals surface area contributed by atoms with E-state index in [1.165, 1.54) is 0 Å². The maximum atomic E-state index is 12.4. The summed E-state index contributed by atoms with van der Waals surface area (Å²) in [6.45, 7) is 0. The van der Waals surface area contributed by atoms with E-state index in [0.717, 1.165) is 16.4 Å². The van der Waals surface area contributed by atoms with Gasteiger partial charge in [0.15, 0.2) is 0 Å². The summed E-state index contributed by atoms with van der Waals surface area (Å²) in [5.74, 6) is -0.321. The first-order valence-electron chi connectivity index (χ1n) is 7.29. The molecule has 1 aromatic heterocycles. The van der Waals surface area contributed by atoms with Crippen molar-refractivity contribution in [3.05, 3.63) is 76.3 Å². The first-order chi connectivity index (χ1) is 11.6. The molecule has 1 N–H and O–H groups in total. The fourth-order valence-corrected chi connectivity index (χ4v) is 3.05. The lowest BCUT2D eigenvalue weighted by atomic mass is 10.1. The Morgan fingerprint density at radius 3 is 2.54 bits per heavy atom. The highest BCUT2D eigenvalue weighted by Crippen LogP contribution is 2.30. The average Bonchev–Trinajstić information content (AvgIpc) is 2.94. The molecule has 1 amide bonds. The van der Waals surface area contributed by atoms with Crippen LogP contribution in [-0.2, 0) is 0 Å². The van der Waals surface area contributed by atoms with Crippen molar-refractivity contribution in [3.63, 3.8) is 0 Å². The predicted octanol–water partition coefficient (Wildman–Crippen LogP) is 6.15. The molecule has 0 saturated heterocycles. The van der Waals surface area contributed by atoms with Crippen molar-refractivity contribution in [2.24, 2.45) is 0 Å².